The number of amides is 1. The van der Waals surface area contributed by atoms with Crippen LogP contribution in [-0.2, 0) is 0 Å². The van der Waals surface area contributed by atoms with Gasteiger partial charge >= 0.3 is 0 Å². The summed E-state index contributed by atoms with van der Waals surface area (Å²) in [5.41, 5.74) is 8.25. The summed E-state index contributed by atoms with van der Waals surface area (Å²) in [5.74, 6) is 0.635. The van der Waals surface area contributed by atoms with Crippen LogP contribution in [0.1, 0.15) is 35.8 Å². The SMILES string of the molecule is Cc1c(C(=O)N2CCC(C)CC2CN)cnn1-c1ccc(Cl)cc1.Cl. The van der Waals surface area contributed by atoms with E-state index < -0.39 is 0 Å². The molecule has 2 heterocycles. The number of halogens is 2. The molecule has 0 spiro atoms. The zero-order chi connectivity index (χ0) is 17.3. The molecule has 2 atom stereocenters. The maximum Gasteiger partial charge on any atom is 0.257 e. The summed E-state index contributed by atoms with van der Waals surface area (Å²) < 4.78 is 1.77. The van der Waals surface area contributed by atoms with E-state index in [0.717, 1.165) is 30.8 Å². The number of aromatic nitrogens is 2. The number of hydrogen-bond donors (Lipinski definition) is 1. The van der Waals surface area contributed by atoms with Crippen LogP contribution in [0.3, 0.4) is 0 Å². The van der Waals surface area contributed by atoms with Crippen molar-refractivity contribution in [1.29, 1.82) is 0 Å². The number of nitrogens with two attached hydrogens (primary N) is 1. The zero-order valence-corrected chi connectivity index (χ0v) is 16.1. The van der Waals surface area contributed by atoms with Crippen molar-refractivity contribution in [3.05, 3.63) is 46.7 Å². The summed E-state index contributed by atoms with van der Waals surface area (Å²) >= 11 is 5.94. The van der Waals surface area contributed by atoms with E-state index in [1.165, 1.54) is 0 Å². The highest BCUT2D eigenvalue weighted by atomic mass is 35.5. The number of nitrogens with zero attached hydrogens (tertiary/aromatic N) is 3. The predicted molar refractivity (Wildman–Crippen MR) is 103 cm³/mol. The van der Waals surface area contributed by atoms with Crippen LogP contribution in [0.4, 0.5) is 0 Å². The van der Waals surface area contributed by atoms with Crippen LogP contribution in [0.2, 0.25) is 5.02 Å². The van der Waals surface area contributed by atoms with Gasteiger partial charge in [0.15, 0.2) is 0 Å². The third kappa shape index (κ3) is 4.00. The summed E-state index contributed by atoms with van der Waals surface area (Å²) in [6.07, 6.45) is 3.64. The van der Waals surface area contributed by atoms with Crippen LogP contribution in [0.25, 0.3) is 5.69 Å². The minimum atomic E-state index is 0. The van der Waals surface area contributed by atoms with Gasteiger partial charge in [0.05, 0.1) is 23.1 Å². The van der Waals surface area contributed by atoms with Gasteiger partial charge in [-0.3, -0.25) is 4.79 Å². The quantitative estimate of drug-likeness (QED) is 0.883. The van der Waals surface area contributed by atoms with E-state index in [9.17, 15) is 4.79 Å². The molecule has 25 heavy (non-hydrogen) atoms. The molecule has 0 saturated carbocycles. The summed E-state index contributed by atoms with van der Waals surface area (Å²) in [6, 6.07) is 7.52. The second-order valence-corrected chi connectivity index (χ2v) is 6.99. The van der Waals surface area contributed by atoms with Crippen molar-refractivity contribution in [3.63, 3.8) is 0 Å². The fourth-order valence-corrected chi connectivity index (χ4v) is 3.49. The monoisotopic (exact) mass is 382 g/mol. The number of likely N-dealkylation sites (tertiary alicyclic amines) is 1. The number of benzene rings is 1. The molecule has 1 saturated heterocycles. The Morgan fingerprint density at radius 1 is 1.36 bits per heavy atom. The highest BCUT2D eigenvalue weighted by Gasteiger charge is 2.31. The van der Waals surface area contributed by atoms with Gasteiger partial charge in [-0.2, -0.15) is 5.10 Å². The highest BCUT2D eigenvalue weighted by Crippen LogP contribution is 2.25. The maximum atomic E-state index is 13.0. The van der Waals surface area contributed by atoms with Crippen molar-refractivity contribution in [2.75, 3.05) is 13.1 Å². The first-order valence-corrected chi connectivity index (χ1v) is 8.70. The molecule has 3 rings (SSSR count). The second-order valence-electron chi connectivity index (χ2n) is 6.55. The van der Waals surface area contributed by atoms with Gasteiger partial charge in [0, 0.05) is 24.2 Å². The molecular formula is C18H24Cl2N4O. The Morgan fingerprint density at radius 2 is 2.04 bits per heavy atom. The molecule has 0 bridgehead atoms. The number of rotatable bonds is 3. The Bertz CT molecular complexity index is 729. The van der Waals surface area contributed by atoms with Gasteiger partial charge in [-0.05, 0) is 49.9 Å². The summed E-state index contributed by atoms with van der Waals surface area (Å²) in [6.45, 7) is 5.39. The third-order valence-corrected chi connectivity index (χ3v) is 5.07. The van der Waals surface area contributed by atoms with Crippen LogP contribution < -0.4 is 5.73 Å². The summed E-state index contributed by atoms with van der Waals surface area (Å²) in [5, 5.41) is 5.07. The largest absolute Gasteiger partial charge is 0.334 e. The normalized spacial score (nSPS) is 20.2. The number of piperidine rings is 1. The topological polar surface area (TPSA) is 64.2 Å². The molecular weight excluding hydrogens is 359 g/mol. The van der Waals surface area contributed by atoms with Gasteiger partial charge < -0.3 is 10.6 Å². The standard InChI is InChI=1S/C18H23ClN4O.ClH/c1-12-7-8-22(16(9-12)10-20)18(24)17-11-21-23(13(17)2)15-5-3-14(19)4-6-15;/h3-6,11-12,16H,7-10,20H2,1-2H3;1H. The molecule has 1 aromatic carbocycles. The first kappa shape index (κ1) is 19.8. The van der Waals surface area contributed by atoms with Crippen molar-refractivity contribution >= 4 is 29.9 Å². The second kappa shape index (κ2) is 8.21. The van der Waals surface area contributed by atoms with Gasteiger partial charge in [0.25, 0.3) is 5.91 Å². The first-order valence-electron chi connectivity index (χ1n) is 8.33. The minimum Gasteiger partial charge on any atom is -0.334 e. The summed E-state index contributed by atoms with van der Waals surface area (Å²) in [4.78, 5) is 14.9. The van der Waals surface area contributed by atoms with Gasteiger partial charge in [0.2, 0.25) is 0 Å². The average Bonchev–Trinajstić information content (AvgIpc) is 2.96. The van der Waals surface area contributed by atoms with Crippen LogP contribution >= 0.6 is 24.0 Å². The lowest BCUT2D eigenvalue weighted by molar-refractivity contribution is 0.0573. The first-order chi connectivity index (χ1) is 11.5. The van der Waals surface area contributed by atoms with E-state index >= 15 is 0 Å². The molecule has 2 aromatic rings. The molecule has 1 aliphatic rings. The number of carbonyl (C=O) groups is 1. The lowest BCUT2D eigenvalue weighted by Crippen LogP contribution is -2.49. The number of hydrogen-bond acceptors (Lipinski definition) is 3. The zero-order valence-electron chi connectivity index (χ0n) is 14.5. The van der Waals surface area contributed by atoms with Crippen molar-refractivity contribution in [2.24, 2.45) is 11.7 Å². The maximum absolute atomic E-state index is 13.0. The smallest absolute Gasteiger partial charge is 0.257 e. The van der Waals surface area contributed by atoms with Crippen molar-refractivity contribution in [2.45, 2.75) is 32.7 Å². The van der Waals surface area contributed by atoms with Crippen LogP contribution in [0.5, 0.6) is 0 Å². The van der Waals surface area contributed by atoms with E-state index in [1.54, 1.807) is 10.9 Å². The molecule has 7 heteroatoms. The third-order valence-electron chi connectivity index (χ3n) is 4.82. The Kier molecular flexibility index (Phi) is 6.49. The van der Waals surface area contributed by atoms with Gasteiger partial charge in [-0.15, -0.1) is 12.4 Å². The van der Waals surface area contributed by atoms with E-state index in [1.807, 2.05) is 36.1 Å². The highest BCUT2D eigenvalue weighted by molar-refractivity contribution is 6.30. The van der Waals surface area contributed by atoms with Crippen LogP contribution in [0.15, 0.2) is 30.5 Å². The fourth-order valence-electron chi connectivity index (χ4n) is 3.36. The molecule has 1 aromatic heterocycles. The molecule has 2 N–H and O–H groups in total. The van der Waals surface area contributed by atoms with Crippen molar-refractivity contribution in [1.82, 2.24) is 14.7 Å². The van der Waals surface area contributed by atoms with E-state index in [-0.39, 0.29) is 24.4 Å². The minimum absolute atomic E-state index is 0. The molecule has 1 aliphatic heterocycles. The molecule has 0 aliphatic carbocycles. The molecule has 2 unspecified atom stereocenters. The Morgan fingerprint density at radius 3 is 2.68 bits per heavy atom. The Hall–Kier alpha value is -1.56. The lowest BCUT2D eigenvalue weighted by atomic mass is 9.92. The Labute approximate surface area is 159 Å². The Balaban J connectivity index is 0.00000225. The molecule has 0 radical (unpaired) electrons. The van der Waals surface area contributed by atoms with E-state index in [0.29, 0.717) is 23.0 Å². The lowest BCUT2D eigenvalue weighted by Gasteiger charge is -2.38. The average molecular weight is 383 g/mol. The fraction of sp³-hybridized carbons (Fsp3) is 0.444. The number of carbonyl (C=O) groups excluding carboxylic acids is 1. The van der Waals surface area contributed by atoms with Gasteiger partial charge in [-0.25, -0.2) is 4.68 Å². The van der Waals surface area contributed by atoms with E-state index in [2.05, 4.69) is 12.0 Å². The molecule has 1 fully saturated rings. The van der Waals surface area contributed by atoms with Gasteiger partial charge in [0.1, 0.15) is 0 Å². The molecule has 136 valence electrons. The van der Waals surface area contributed by atoms with Crippen molar-refractivity contribution in [3.8, 4) is 5.69 Å². The van der Waals surface area contributed by atoms with Crippen molar-refractivity contribution < 1.29 is 4.79 Å². The van der Waals surface area contributed by atoms with E-state index in [4.69, 9.17) is 17.3 Å². The molecule has 5 nitrogen and oxygen atoms in total. The van der Waals surface area contributed by atoms with Gasteiger partial charge in [-0.1, -0.05) is 18.5 Å². The van der Waals surface area contributed by atoms with Crippen LogP contribution in [-0.4, -0.2) is 39.7 Å². The molecule has 1 amide bonds. The summed E-state index contributed by atoms with van der Waals surface area (Å²) in [7, 11) is 0. The predicted octanol–water partition coefficient (Wildman–Crippen LogP) is 3.46. The van der Waals surface area contributed by atoms with Crippen LogP contribution in [0, 0.1) is 12.8 Å².